The smallest absolute Gasteiger partial charge is 0.273 e. The van der Waals surface area contributed by atoms with E-state index in [0.29, 0.717) is 24.5 Å². The first-order valence-corrected chi connectivity index (χ1v) is 8.41. The molecular formula is C18H19F3N6. The van der Waals surface area contributed by atoms with Crippen molar-refractivity contribution in [2.75, 3.05) is 11.9 Å². The average Bonchev–Trinajstić information content (AvgIpc) is 3.48. The summed E-state index contributed by atoms with van der Waals surface area (Å²) < 4.78 is 40.3. The second kappa shape index (κ2) is 7.73. The quantitative estimate of drug-likeness (QED) is 0.438. The first kappa shape index (κ1) is 18.8. The third kappa shape index (κ3) is 5.02. The Labute approximate surface area is 154 Å². The highest BCUT2D eigenvalue weighted by atomic mass is 19.3. The van der Waals surface area contributed by atoms with Gasteiger partial charge in [-0.05, 0) is 42.5 Å². The normalized spacial score (nSPS) is 15.3. The lowest BCUT2D eigenvalue weighted by Gasteiger charge is -2.11. The third-order valence-corrected chi connectivity index (χ3v) is 4.10. The second-order valence-corrected chi connectivity index (χ2v) is 6.40. The lowest BCUT2D eigenvalue weighted by Crippen LogP contribution is -2.18. The van der Waals surface area contributed by atoms with E-state index >= 15 is 0 Å². The summed E-state index contributed by atoms with van der Waals surface area (Å²) in [4.78, 5) is 12.5. The number of nitrogens with two attached hydrogens (primary N) is 1. The highest BCUT2D eigenvalue weighted by Crippen LogP contribution is 2.39. The maximum atomic E-state index is 13.5. The van der Waals surface area contributed by atoms with Crippen molar-refractivity contribution in [3.8, 4) is 0 Å². The minimum atomic E-state index is -3.30. The molecule has 0 saturated heterocycles. The summed E-state index contributed by atoms with van der Waals surface area (Å²) >= 11 is 0. The van der Waals surface area contributed by atoms with Crippen LogP contribution >= 0.6 is 0 Å². The Balaban J connectivity index is 1.62. The molecule has 0 spiro atoms. The Kier molecular flexibility index (Phi) is 5.38. The van der Waals surface area contributed by atoms with Gasteiger partial charge < -0.3 is 11.2 Å². The number of nitrogens with zero attached hydrogens (tertiary/aromatic N) is 4. The Morgan fingerprint density at radius 2 is 2.04 bits per heavy atom. The number of rotatable bonds is 7. The molecule has 0 bridgehead atoms. The number of benzene rings is 1. The van der Waals surface area contributed by atoms with Crippen molar-refractivity contribution in [2.45, 2.75) is 31.6 Å². The van der Waals surface area contributed by atoms with Gasteiger partial charge in [0.15, 0.2) is 0 Å². The maximum Gasteiger partial charge on any atom is 0.273 e. The van der Waals surface area contributed by atoms with Gasteiger partial charge in [-0.25, -0.2) is 23.1 Å². The molecule has 1 aliphatic carbocycles. The predicted molar refractivity (Wildman–Crippen MR) is 98.2 cm³/mol. The van der Waals surface area contributed by atoms with Gasteiger partial charge in [-0.1, -0.05) is 0 Å². The van der Waals surface area contributed by atoms with E-state index in [1.807, 2.05) is 0 Å². The van der Waals surface area contributed by atoms with Gasteiger partial charge in [0.25, 0.3) is 5.92 Å². The van der Waals surface area contributed by atoms with Crippen molar-refractivity contribution in [1.82, 2.24) is 9.97 Å². The molecular weight excluding hydrogens is 357 g/mol. The minimum Gasteiger partial charge on any atom is -0.348 e. The summed E-state index contributed by atoms with van der Waals surface area (Å²) in [6, 6.07) is 3.24. The van der Waals surface area contributed by atoms with Gasteiger partial charge in [-0.15, -0.1) is 0 Å². The van der Waals surface area contributed by atoms with Gasteiger partial charge >= 0.3 is 0 Å². The van der Waals surface area contributed by atoms with Crippen LogP contribution in [0.2, 0.25) is 0 Å². The zero-order chi connectivity index (χ0) is 19.4. The molecule has 27 heavy (non-hydrogen) atoms. The van der Waals surface area contributed by atoms with Crippen molar-refractivity contribution in [1.29, 1.82) is 0 Å². The van der Waals surface area contributed by atoms with Crippen LogP contribution in [0, 0.1) is 5.82 Å². The van der Waals surface area contributed by atoms with Crippen molar-refractivity contribution >= 4 is 23.6 Å². The SMILES string of the molecule is CC(F)(F)c1cc(N=CC(CNc2ncc(C3CC3)cn2)=NN)ccc1F. The van der Waals surface area contributed by atoms with E-state index in [2.05, 4.69) is 25.4 Å². The van der Waals surface area contributed by atoms with E-state index in [4.69, 9.17) is 5.84 Å². The molecule has 0 radical (unpaired) electrons. The van der Waals surface area contributed by atoms with Gasteiger partial charge in [0, 0.05) is 19.3 Å². The molecule has 0 amide bonds. The van der Waals surface area contributed by atoms with Gasteiger partial charge in [0.2, 0.25) is 5.95 Å². The van der Waals surface area contributed by atoms with E-state index in [1.165, 1.54) is 25.1 Å². The molecule has 0 aliphatic heterocycles. The summed E-state index contributed by atoms with van der Waals surface area (Å²) in [6.07, 6.45) is 7.23. The summed E-state index contributed by atoms with van der Waals surface area (Å²) in [5.41, 5.74) is 0.915. The fourth-order valence-corrected chi connectivity index (χ4v) is 2.43. The van der Waals surface area contributed by atoms with Crippen molar-refractivity contribution < 1.29 is 13.2 Å². The van der Waals surface area contributed by atoms with Crippen molar-refractivity contribution in [2.24, 2.45) is 15.9 Å². The molecule has 1 aromatic heterocycles. The van der Waals surface area contributed by atoms with Crippen LogP contribution in [0.1, 0.15) is 36.8 Å². The fraction of sp³-hybridized carbons (Fsp3) is 0.333. The minimum absolute atomic E-state index is 0.166. The number of hydrogen-bond acceptors (Lipinski definition) is 6. The van der Waals surface area contributed by atoms with Crippen molar-refractivity contribution in [3.05, 3.63) is 47.5 Å². The maximum absolute atomic E-state index is 13.5. The average molecular weight is 376 g/mol. The molecule has 3 rings (SSSR count). The van der Waals surface area contributed by atoms with E-state index in [-0.39, 0.29) is 12.2 Å². The Hall–Kier alpha value is -2.97. The third-order valence-electron chi connectivity index (χ3n) is 4.10. The van der Waals surface area contributed by atoms with E-state index in [1.54, 1.807) is 12.4 Å². The Morgan fingerprint density at radius 1 is 1.33 bits per heavy atom. The Bertz CT molecular complexity index is 854. The van der Waals surface area contributed by atoms with E-state index in [9.17, 15) is 13.2 Å². The largest absolute Gasteiger partial charge is 0.348 e. The fourth-order valence-electron chi connectivity index (χ4n) is 2.43. The Morgan fingerprint density at radius 3 is 2.63 bits per heavy atom. The van der Waals surface area contributed by atoms with E-state index in [0.717, 1.165) is 17.7 Å². The van der Waals surface area contributed by atoms with Crippen LogP contribution < -0.4 is 11.2 Å². The number of anilines is 1. The van der Waals surface area contributed by atoms with Crippen LogP contribution in [-0.2, 0) is 5.92 Å². The number of nitrogens with one attached hydrogen (secondary N) is 1. The molecule has 1 aromatic carbocycles. The number of hydrogen-bond donors (Lipinski definition) is 2. The molecule has 3 N–H and O–H groups in total. The number of halogens is 3. The summed E-state index contributed by atoms with van der Waals surface area (Å²) in [6.45, 7) is 0.824. The van der Waals surface area contributed by atoms with Gasteiger partial charge in [0.1, 0.15) is 5.82 Å². The topological polar surface area (TPSA) is 88.5 Å². The molecule has 1 fully saturated rings. The van der Waals surface area contributed by atoms with Crippen LogP contribution in [0.25, 0.3) is 0 Å². The number of alkyl halides is 2. The molecule has 9 heteroatoms. The second-order valence-electron chi connectivity index (χ2n) is 6.40. The first-order chi connectivity index (χ1) is 12.9. The van der Waals surface area contributed by atoms with Gasteiger partial charge in [-0.2, -0.15) is 5.10 Å². The molecule has 1 aliphatic rings. The van der Waals surface area contributed by atoms with Crippen LogP contribution in [0.5, 0.6) is 0 Å². The van der Waals surface area contributed by atoms with Gasteiger partial charge in [-0.3, -0.25) is 4.99 Å². The molecule has 0 atom stereocenters. The molecule has 2 aromatic rings. The van der Waals surface area contributed by atoms with Crippen LogP contribution in [0.4, 0.5) is 24.8 Å². The van der Waals surface area contributed by atoms with Crippen LogP contribution in [-0.4, -0.2) is 28.4 Å². The molecule has 142 valence electrons. The molecule has 6 nitrogen and oxygen atoms in total. The highest BCUT2D eigenvalue weighted by molar-refractivity contribution is 6.32. The standard InChI is InChI=1S/C18H19F3N6/c1-18(20,21)15-6-13(4-5-16(15)19)23-9-14(27-22)10-26-17-24-7-12(8-25-17)11-2-3-11/h4-9,11H,2-3,10,22H2,1H3,(H,24,25,26). The van der Waals surface area contributed by atoms with Crippen molar-refractivity contribution in [3.63, 3.8) is 0 Å². The summed E-state index contributed by atoms with van der Waals surface area (Å²) in [5.74, 6) is 2.04. The van der Waals surface area contributed by atoms with Gasteiger partial charge in [0.05, 0.1) is 29.7 Å². The summed E-state index contributed by atoms with van der Waals surface area (Å²) in [5, 5.41) is 6.55. The van der Waals surface area contributed by atoms with Crippen LogP contribution in [0.15, 0.2) is 40.7 Å². The monoisotopic (exact) mass is 376 g/mol. The predicted octanol–water partition coefficient (Wildman–Crippen LogP) is 3.73. The number of hydrazone groups is 1. The zero-order valence-corrected chi connectivity index (χ0v) is 14.7. The molecule has 1 heterocycles. The van der Waals surface area contributed by atoms with E-state index < -0.39 is 17.3 Å². The number of aromatic nitrogens is 2. The molecule has 1 saturated carbocycles. The summed E-state index contributed by atoms with van der Waals surface area (Å²) in [7, 11) is 0. The lowest BCUT2D eigenvalue weighted by molar-refractivity contribution is 0.0138. The first-order valence-electron chi connectivity index (χ1n) is 8.41. The molecule has 0 unspecified atom stereocenters. The lowest BCUT2D eigenvalue weighted by atomic mass is 10.1. The number of aliphatic imine (C=N–C) groups is 1. The highest BCUT2D eigenvalue weighted by Gasteiger charge is 2.28. The van der Waals surface area contributed by atoms with Crippen LogP contribution in [0.3, 0.4) is 0 Å². The zero-order valence-electron chi connectivity index (χ0n) is 14.7.